The molecule has 2 rings (SSSR count). The summed E-state index contributed by atoms with van der Waals surface area (Å²) in [4.78, 5) is 11.6. The van der Waals surface area contributed by atoms with Crippen LogP contribution in [0.5, 0.6) is 0 Å². The number of carbonyl (C=O) groups is 1. The minimum absolute atomic E-state index is 0.0440. The van der Waals surface area contributed by atoms with Gasteiger partial charge in [-0.3, -0.25) is 4.79 Å². The number of hydrogen-bond acceptors (Lipinski definition) is 3. The van der Waals surface area contributed by atoms with Crippen LogP contribution in [-0.2, 0) is 15.0 Å². The first-order valence-electron chi connectivity index (χ1n) is 6.84. The van der Waals surface area contributed by atoms with Crippen LogP contribution in [0, 0.1) is 0 Å². The SMILES string of the molecule is CC[C@@H]1N(S(=O)(=O)N(C)C)CCC[C@@]12CCC(=O)N2. The summed E-state index contributed by atoms with van der Waals surface area (Å²) in [6.07, 6.45) is 3.63. The molecule has 0 aliphatic carbocycles. The van der Waals surface area contributed by atoms with Gasteiger partial charge in [0.1, 0.15) is 0 Å². The summed E-state index contributed by atoms with van der Waals surface area (Å²) in [7, 11) is -0.322. The summed E-state index contributed by atoms with van der Waals surface area (Å²) in [6, 6.07) is -0.139. The van der Waals surface area contributed by atoms with E-state index in [1.807, 2.05) is 6.92 Å². The van der Waals surface area contributed by atoms with Crippen LogP contribution < -0.4 is 5.32 Å². The molecule has 1 spiro atoms. The Labute approximate surface area is 115 Å². The topological polar surface area (TPSA) is 69.7 Å². The summed E-state index contributed by atoms with van der Waals surface area (Å²) in [5, 5.41) is 3.05. The zero-order valence-electron chi connectivity index (χ0n) is 11.8. The Hall–Kier alpha value is -0.660. The lowest BCUT2D eigenvalue weighted by molar-refractivity contribution is -0.120. The van der Waals surface area contributed by atoms with Gasteiger partial charge in [0.05, 0.1) is 5.54 Å². The molecule has 0 unspecified atom stereocenters. The maximum Gasteiger partial charge on any atom is 0.281 e. The maximum absolute atomic E-state index is 12.4. The normalized spacial score (nSPS) is 33.1. The van der Waals surface area contributed by atoms with Gasteiger partial charge >= 0.3 is 0 Å². The van der Waals surface area contributed by atoms with Gasteiger partial charge in [0.15, 0.2) is 0 Å². The van der Waals surface area contributed by atoms with Gasteiger partial charge in [-0.25, -0.2) is 0 Å². The molecule has 2 fully saturated rings. The molecule has 0 aromatic rings. The smallest absolute Gasteiger partial charge is 0.281 e. The average Bonchev–Trinajstić information content (AvgIpc) is 2.70. The lowest BCUT2D eigenvalue weighted by Gasteiger charge is -2.47. The molecular weight excluding hydrogens is 266 g/mol. The predicted octanol–water partition coefficient (Wildman–Crippen LogP) is 0.316. The molecule has 0 saturated carbocycles. The van der Waals surface area contributed by atoms with Crippen molar-refractivity contribution in [3.63, 3.8) is 0 Å². The molecule has 2 aliphatic rings. The quantitative estimate of drug-likeness (QED) is 0.813. The summed E-state index contributed by atoms with van der Waals surface area (Å²) in [6.45, 7) is 2.52. The summed E-state index contributed by atoms with van der Waals surface area (Å²) in [5.41, 5.74) is -0.354. The number of hydrogen-bond donors (Lipinski definition) is 1. The monoisotopic (exact) mass is 289 g/mol. The maximum atomic E-state index is 12.4. The number of rotatable bonds is 3. The number of nitrogens with zero attached hydrogens (tertiary/aromatic N) is 2. The highest BCUT2D eigenvalue weighted by molar-refractivity contribution is 7.86. The van der Waals surface area contributed by atoms with E-state index in [0.717, 1.165) is 19.3 Å². The zero-order chi connectivity index (χ0) is 14.3. The van der Waals surface area contributed by atoms with Crippen LogP contribution >= 0.6 is 0 Å². The largest absolute Gasteiger partial charge is 0.349 e. The Morgan fingerprint density at radius 1 is 1.42 bits per heavy atom. The fourth-order valence-electron chi connectivity index (χ4n) is 3.41. The predicted molar refractivity (Wildman–Crippen MR) is 72.7 cm³/mol. The second-order valence-corrected chi connectivity index (χ2v) is 7.73. The van der Waals surface area contributed by atoms with Crippen LogP contribution in [-0.4, -0.2) is 55.2 Å². The van der Waals surface area contributed by atoms with E-state index >= 15 is 0 Å². The second kappa shape index (κ2) is 5.03. The van der Waals surface area contributed by atoms with Crippen LogP contribution in [0.25, 0.3) is 0 Å². The van der Waals surface area contributed by atoms with Crippen molar-refractivity contribution in [2.75, 3.05) is 20.6 Å². The molecule has 2 saturated heterocycles. The van der Waals surface area contributed by atoms with Crippen LogP contribution in [0.2, 0.25) is 0 Å². The van der Waals surface area contributed by atoms with Crippen molar-refractivity contribution in [1.29, 1.82) is 0 Å². The average molecular weight is 289 g/mol. The van der Waals surface area contributed by atoms with Crippen LogP contribution in [0.4, 0.5) is 0 Å². The third-order valence-corrected chi connectivity index (χ3v) is 6.27. The van der Waals surface area contributed by atoms with Gasteiger partial charge in [-0.05, 0) is 25.7 Å². The van der Waals surface area contributed by atoms with Crippen molar-refractivity contribution in [1.82, 2.24) is 13.9 Å². The Balaban J connectivity index is 2.34. The minimum Gasteiger partial charge on any atom is -0.349 e. The van der Waals surface area contributed by atoms with Gasteiger partial charge in [0.25, 0.3) is 10.2 Å². The summed E-state index contributed by atoms with van der Waals surface area (Å²) >= 11 is 0. The van der Waals surface area contributed by atoms with E-state index < -0.39 is 10.2 Å². The fourth-order valence-corrected chi connectivity index (χ4v) is 4.86. The molecule has 0 radical (unpaired) electrons. The van der Waals surface area contributed by atoms with Crippen molar-refractivity contribution in [2.24, 2.45) is 0 Å². The van der Waals surface area contributed by atoms with Crippen molar-refractivity contribution < 1.29 is 13.2 Å². The van der Waals surface area contributed by atoms with E-state index in [4.69, 9.17) is 0 Å². The number of piperidine rings is 1. The molecule has 2 aliphatic heterocycles. The van der Waals surface area contributed by atoms with Gasteiger partial charge < -0.3 is 5.32 Å². The molecule has 1 N–H and O–H groups in total. The first-order chi connectivity index (χ1) is 8.83. The number of nitrogens with one attached hydrogen (secondary N) is 1. The molecular formula is C12H23N3O3S. The summed E-state index contributed by atoms with van der Waals surface area (Å²) in [5.74, 6) is 0.0440. The van der Waals surface area contributed by atoms with Gasteiger partial charge in [-0.15, -0.1) is 0 Å². The van der Waals surface area contributed by atoms with Crippen molar-refractivity contribution >= 4 is 16.1 Å². The first kappa shape index (κ1) is 14.7. The highest BCUT2D eigenvalue weighted by Gasteiger charge is 2.51. The van der Waals surface area contributed by atoms with Gasteiger partial charge in [0.2, 0.25) is 5.91 Å². The fraction of sp³-hybridized carbons (Fsp3) is 0.917. The van der Waals surface area contributed by atoms with Crippen LogP contribution in [0.15, 0.2) is 0 Å². The van der Waals surface area contributed by atoms with Crippen LogP contribution in [0.3, 0.4) is 0 Å². The molecule has 110 valence electrons. The Kier molecular flexibility index (Phi) is 3.90. The minimum atomic E-state index is -3.43. The molecule has 1 amide bonds. The lowest BCUT2D eigenvalue weighted by atomic mass is 9.80. The van der Waals surface area contributed by atoms with E-state index in [0.29, 0.717) is 19.4 Å². The highest BCUT2D eigenvalue weighted by atomic mass is 32.2. The highest BCUT2D eigenvalue weighted by Crippen LogP contribution is 2.38. The van der Waals surface area contributed by atoms with E-state index in [1.165, 1.54) is 4.31 Å². The molecule has 6 nitrogen and oxygen atoms in total. The Morgan fingerprint density at radius 3 is 2.58 bits per heavy atom. The number of carbonyl (C=O) groups excluding carboxylic acids is 1. The molecule has 0 aromatic heterocycles. The molecule has 2 atom stereocenters. The zero-order valence-corrected chi connectivity index (χ0v) is 12.7. The van der Waals surface area contributed by atoms with E-state index in [2.05, 4.69) is 5.32 Å². The van der Waals surface area contributed by atoms with Crippen molar-refractivity contribution in [2.45, 2.75) is 50.6 Å². The number of amides is 1. The molecule has 19 heavy (non-hydrogen) atoms. The third kappa shape index (κ3) is 2.39. The van der Waals surface area contributed by atoms with E-state index in [9.17, 15) is 13.2 Å². The summed E-state index contributed by atoms with van der Waals surface area (Å²) < 4.78 is 27.7. The third-order valence-electron chi connectivity index (χ3n) is 4.32. The Bertz CT molecular complexity index is 463. The van der Waals surface area contributed by atoms with Gasteiger partial charge in [-0.2, -0.15) is 17.0 Å². The standard InChI is InChI=1S/C12H23N3O3S/c1-4-10-12(8-6-11(16)13-12)7-5-9-15(10)19(17,18)14(2)3/h10H,4-9H2,1-3H3,(H,13,16)/t10-,12+/m0/s1. The molecule has 2 heterocycles. The molecule has 0 aromatic carbocycles. The first-order valence-corrected chi connectivity index (χ1v) is 8.23. The van der Waals surface area contributed by atoms with Crippen molar-refractivity contribution in [3.05, 3.63) is 0 Å². The van der Waals surface area contributed by atoms with Gasteiger partial charge in [-0.1, -0.05) is 6.92 Å². The van der Waals surface area contributed by atoms with Crippen LogP contribution in [0.1, 0.15) is 39.0 Å². The van der Waals surface area contributed by atoms with Gasteiger partial charge in [0, 0.05) is 33.1 Å². The molecule has 0 bridgehead atoms. The second-order valence-electron chi connectivity index (χ2n) is 5.63. The lowest BCUT2D eigenvalue weighted by Crippen LogP contribution is -2.64. The molecule has 7 heteroatoms. The van der Waals surface area contributed by atoms with E-state index in [1.54, 1.807) is 18.4 Å². The van der Waals surface area contributed by atoms with E-state index in [-0.39, 0.29) is 17.5 Å². The Morgan fingerprint density at radius 2 is 2.11 bits per heavy atom. The van der Waals surface area contributed by atoms with Crippen molar-refractivity contribution in [3.8, 4) is 0 Å².